The number of carbonyl (C=O) groups excluding carboxylic acids is 1. The lowest BCUT2D eigenvalue weighted by Crippen LogP contribution is -2.47. The first kappa shape index (κ1) is 22.5. The van der Waals surface area contributed by atoms with Gasteiger partial charge in [0.25, 0.3) is 0 Å². The Morgan fingerprint density at radius 2 is 1.73 bits per heavy atom. The van der Waals surface area contributed by atoms with Gasteiger partial charge in [-0.05, 0) is 38.0 Å². The van der Waals surface area contributed by atoms with Crippen LogP contribution in [0.3, 0.4) is 0 Å². The molecule has 1 fully saturated rings. The standard InChI is InChI=1S/C23H31N3O3S/c1-18-5-4-6-21(16-18)17-26(12-9-23(27)25-13-10-24-11-14-25)30(28,29)22-8-7-19(2)15-20(22)3/h4-8,15-16,24H,9-14,17H2,1-3H3. The maximum absolute atomic E-state index is 13.5. The van der Waals surface area contributed by atoms with Crippen LogP contribution < -0.4 is 5.32 Å². The predicted octanol–water partition coefficient (Wildman–Crippen LogP) is 2.62. The number of benzene rings is 2. The van der Waals surface area contributed by atoms with Gasteiger partial charge in [-0.25, -0.2) is 8.42 Å². The van der Waals surface area contributed by atoms with Crippen LogP contribution in [0.2, 0.25) is 0 Å². The molecule has 3 rings (SSSR count). The summed E-state index contributed by atoms with van der Waals surface area (Å²) in [5, 5.41) is 3.23. The highest BCUT2D eigenvalue weighted by Crippen LogP contribution is 2.23. The molecule has 1 N–H and O–H groups in total. The number of aryl methyl sites for hydroxylation is 3. The second-order valence-corrected chi connectivity index (χ2v) is 9.88. The lowest BCUT2D eigenvalue weighted by Gasteiger charge is -2.29. The quantitative estimate of drug-likeness (QED) is 0.735. The summed E-state index contributed by atoms with van der Waals surface area (Å²) in [6, 6.07) is 13.2. The van der Waals surface area contributed by atoms with Crippen molar-refractivity contribution in [3.8, 4) is 0 Å². The predicted molar refractivity (Wildman–Crippen MR) is 119 cm³/mol. The summed E-state index contributed by atoms with van der Waals surface area (Å²) in [5.41, 5.74) is 3.73. The van der Waals surface area contributed by atoms with E-state index in [0.29, 0.717) is 18.0 Å². The van der Waals surface area contributed by atoms with E-state index in [1.807, 2.05) is 62.1 Å². The molecule has 0 unspecified atom stereocenters. The number of rotatable bonds is 7. The van der Waals surface area contributed by atoms with Gasteiger partial charge in [-0.3, -0.25) is 4.79 Å². The molecule has 1 aliphatic heterocycles. The molecule has 1 amide bonds. The van der Waals surface area contributed by atoms with Gasteiger partial charge in [0.15, 0.2) is 0 Å². The van der Waals surface area contributed by atoms with Crippen molar-refractivity contribution in [3.05, 3.63) is 64.7 Å². The normalized spacial score (nSPS) is 14.9. The Balaban J connectivity index is 1.85. The van der Waals surface area contributed by atoms with Gasteiger partial charge in [-0.15, -0.1) is 0 Å². The molecule has 0 spiro atoms. The SMILES string of the molecule is Cc1cccc(CN(CCC(=O)N2CCNCC2)S(=O)(=O)c2ccc(C)cc2C)c1. The molecule has 2 aromatic carbocycles. The fourth-order valence-electron chi connectivity index (χ4n) is 3.82. The second-order valence-electron chi connectivity index (χ2n) is 7.98. The van der Waals surface area contributed by atoms with Crippen LogP contribution in [0.5, 0.6) is 0 Å². The lowest BCUT2D eigenvalue weighted by atomic mass is 10.1. The Kier molecular flexibility index (Phi) is 7.28. The summed E-state index contributed by atoms with van der Waals surface area (Å²) in [5.74, 6) is 0.00145. The molecule has 0 radical (unpaired) electrons. The van der Waals surface area contributed by atoms with E-state index in [1.165, 1.54) is 4.31 Å². The summed E-state index contributed by atoms with van der Waals surface area (Å²) in [4.78, 5) is 14.8. The minimum Gasteiger partial charge on any atom is -0.340 e. The third kappa shape index (κ3) is 5.47. The van der Waals surface area contributed by atoms with Crippen molar-refractivity contribution in [1.29, 1.82) is 0 Å². The Bertz CT molecular complexity index is 999. The van der Waals surface area contributed by atoms with Crippen molar-refractivity contribution in [2.75, 3.05) is 32.7 Å². The first-order valence-electron chi connectivity index (χ1n) is 10.4. The minimum atomic E-state index is -3.74. The molecule has 0 saturated carbocycles. The summed E-state index contributed by atoms with van der Waals surface area (Å²) in [6.07, 6.45) is 0.177. The van der Waals surface area contributed by atoms with Crippen molar-refractivity contribution in [2.45, 2.75) is 38.6 Å². The minimum absolute atomic E-state index is 0.00145. The van der Waals surface area contributed by atoms with Crippen molar-refractivity contribution >= 4 is 15.9 Å². The molecule has 6 nitrogen and oxygen atoms in total. The number of hydrogen-bond donors (Lipinski definition) is 1. The summed E-state index contributed by atoms with van der Waals surface area (Å²) < 4.78 is 28.5. The smallest absolute Gasteiger partial charge is 0.243 e. The molecule has 0 atom stereocenters. The van der Waals surface area contributed by atoms with E-state index in [0.717, 1.165) is 35.3 Å². The van der Waals surface area contributed by atoms with Crippen LogP contribution in [-0.4, -0.2) is 56.3 Å². The van der Waals surface area contributed by atoms with Gasteiger partial charge in [0.2, 0.25) is 15.9 Å². The Hall–Kier alpha value is -2.22. The van der Waals surface area contributed by atoms with Crippen LogP contribution in [0.4, 0.5) is 0 Å². The van der Waals surface area contributed by atoms with Gasteiger partial charge >= 0.3 is 0 Å². The molecular formula is C23H31N3O3S. The van der Waals surface area contributed by atoms with Crippen LogP contribution in [0.15, 0.2) is 47.4 Å². The third-order valence-electron chi connectivity index (χ3n) is 5.43. The maximum Gasteiger partial charge on any atom is 0.243 e. The summed E-state index contributed by atoms with van der Waals surface area (Å²) in [6.45, 7) is 9.04. The van der Waals surface area contributed by atoms with Gasteiger partial charge in [0, 0.05) is 45.7 Å². The molecule has 0 aliphatic carbocycles. The number of carbonyl (C=O) groups is 1. The molecular weight excluding hydrogens is 398 g/mol. The highest BCUT2D eigenvalue weighted by molar-refractivity contribution is 7.89. The van der Waals surface area contributed by atoms with Crippen LogP contribution in [0, 0.1) is 20.8 Å². The molecule has 1 aliphatic rings. The van der Waals surface area contributed by atoms with Crippen molar-refractivity contribution in [1.82, 2.24) is 14.5 Å². The number of nitrogens with one attached hydrogen (secondary N) is 1. The number of piperazine rings is 1. The highest BCUT2D eigenvalue weighted by Gasteiger charge is 2.28. The average Bonchev–Trinajstić information content (AvgIpc) is 2.71. The zero-order valence-electron chi connectivity index (χ0n) is 18.0. The van der Waals surface area contributed by atoms with Crippen LogP contribution in [-0.2, 0) is 21.4 Å². The molecule has 1 heterocycles. The molecule has 1 saturated heterocycles. The van der Waals surface area contributed by atoms with Gasteiger partial charge < -0.3 is 10.2 Å². The van der Waals surface area contributed by atoms with Crippen molar-refractivity contribution < 1.29 is 13.2 Å². The van der Waals surface area contributed by atoms with Gasteiger partial charge in [-0.2, -0.15) is 4.31 Å². The fourth-order valence-corrected chi connectivity index (χ4v) is 5.45. The van der Waals surface area contributed by atoms with E-state index in [1.54, 1.807) is 6.07 Å². The molecule has 2 aromatic rings. The molecule has 30 heavy (non-hydrogen) atoms. The Morgan fingerprint density at radius 1 is 1.03 bits per heavy atom. The monoisotopic (exact) mass is 429 g/mol. The lowest BCUT2D eigenvalue weighted by molar-refractivity contribution is -0.131. The number of hydrogen-bond acceptors (Lipinski definition) is 4. The van der Waals surface area contributed by atoms with E-state index < -0.39 is 10.0 Å². The maximum atomic E-state index is 13.5. The summed E-state index contributed by atoms with van der Waals surface area (Å²) in [7, 11) is -3.74. The molecule has 7 heteroatoms. The zero-order valence-corrected chi connectivity index (χ0v) is 18.8. The van der Waals surface area contributed by atoms with Crippen LogP contribution >= 0.6 is 0 Å². The number of nitrogens with zero attached hydrogens (tertiary/aromatic N) is 2. The first-order chi connectivity index (χ1) is 14.3. The fraction of sp³-hybridized carbons (Fsp3) is 0.435. The Morgan fingerprint density at radius 3 is 2.40 bits per heavy atom. The van der Waals surface area contributed by atoms with E-state index in [9.17, 15) is 13.2 Å². The van der Waals surface area contributed by atoms with Crippen LogP contribution in [0.25, 0.3) is 0 Å². The number of sulfonamides is 1. The first-order valence-corrected chi connectivity index (χ1v) is 11.8. The van der Waals surface area contributed by atoms with E-state index in [-0.39, 0.29) is 25.4 Å². The average molecular weight is 430 g/mol. The van der Waals surface area contributed by atoms with E-state index >= 15 is 0 Å². The number of amides is 1. The third-order valence-corrected chi connectivity index (χ3v) is 7.44. The summed E-state index contributed by atoms with van der Waals surface area (Å²) >= 11 is 0. The molecule has 162 valence electrons. The van der Waals surface area contributed by atoms with E-state index in [4.69, 9.17) is 0 Å². The Labute approximate surface area is 179 Å². The van der Waals surface area contributed by atoms with Crippen LogP contribution in [0.1, 0.15) is 28.7 Å². The van der Waals surface area contributed by atoms with Gasteiger partial charge in [0.05, 0.1) is 4.90 Å². The largest absolute Gasteiger partial charge is 0.340 e. The topological polar surface area (TPSA) is 69.7 Å². The van der Waals surface area contributed by atoms with Crippen molar-refractivity contribution in [3.63, 3.8) is 0 Å². The van der Waals surface area contributed by atoms with E-state index in [2.05, 4.69) is 5.32 Å². The molecule has 0 bridgehead atoms. The van der Waals surface area contributed by atoms with Gasteiger partial charge in [0.1, 0.15) is 0 Å². The second kappa shape index (κ2) is 9.73. The van der Waals surface area contributed by atoms with Crippen molar-refractivity contribution in [2.24, 2.45) is 0 Å². The molecule has 0 aromatic heterocycles. The van der Waals surface area contributed by atoms with Gasteiger partial charge in [-0.1, -0.05) is 47.5 Å². The zero-order chi connectivity index (χ0) is 21.7. The highest BCUT2D eigenvalue weighted by atomic mass is 32.2.